The molecule has 0 saturated carbocycles. The van der Waals surface area contributed by atoms with Crippen LogP contribution >= 0.6 is 0 Å². The Morgan fingerprint density at radius 3 is 2.11 bits per heavy atom. The molecule has 2 atom stereocenters. The molecule has 0 saturated heterocycles. The van der Waals surface area contributed by atoms with Gasteiger partial charge in [0.2, 0.25) is 0 Å². The molecular formula is C5H10O4. The monoisotopic (exact) mass is 136 g/mol. The molecule has 0 bridgehead atoms. The molecule has 0 aromatic carbocycles. The zero-order chi connectivity index (χ0) is 7.65. The lowest BCUT2D eigenvalue weighted by atomic mass is 10.1. The van der Waals surface area contributed by atoms with Crippen LogP contribution in [0.5, 0.6) is 0 Å². The van der Waals surface area contributed by atoms with Gasteiger partial charge in [-0.2, -0.15) is 0 Å². The van der Waals surface area contributed by atoms with Crippen LogP contribution in [0, 0.1) is 0 Å². The van der Waals surface area contributed by atoms with Gasteiger partial charge in [-0.1, -0.05) is 0 Å². The van der Waals surface area contributed by atoms with Crippen molar-refractivity contribution in [2.24, 2.45) is 0 Å². The van der Waals surface area contributed by atoms with Crippen molar-refractivity contribution in [1.29, 1.82) is 0 Å². The van der Waals surface area contributed by atoms with E-state index in [2.05, 4.69) is 0 Å². The Morgan fingerprint density at radius 1 is 1.78 bits per heavy atom. The highest BCUT2D eigenvalue weighted by Crippen LogP contribution is 2.07. The summed E-state index contributed by atoms with van der Waals surface area (Å²) in [5.41, 5.74) is -1.56. The second-order valence-electron chi connectivity index (χ2n) is 2.39. The molecule has 0 heterocycles. The molecule has 0 amide bonds. The minimum absolute atomic E-state index is 1.23. The largest absolute Gasteiger partial charge is 0.479 e. The van der Waals surface area contributed by atoms with Crippen molar-refractivity contribution < 1.29 is 20.1 Å². The standard InChI is InChI=1S/C5H10O4/c1-5(2,9)3(6)4(7)8/h3,6,9H,1-2H3,(H,7,8)/i1+2. The van der Waals surface area contributed by atoms with Crippen molar-refractivity contribution in [2.75, 3.05) is 0 Å². The third-order valence-electron chi connectivity index (χ3n) is 0.903. The van der Waals surface area contributed by atoms with E-state index in [-0.39, 0.29) is 0 Å². The van der Waals surface area contributed by atoms with Gasteiger partial charge in [-0.15, -0.1) is 0 Å². The van der Waals surface area contributed by atoms with Crippen molar-refractivity contribution in [3.63, 3.8) is 0 Å². The number of carbonyl (C=O) groups is 1. The van der Waals surface area contributed by atoms with Gasteiger partial charge in [0.25, 0.3) is 0 Å². The van der Waals surface area contributed by atoms with E-state index in [0.717, 1.165) is 0 Å². The van der Waals surface area contributed by atoms with Crippen LogP contribution in [0.15, 0.2) is 0 Å². The Hall–Kier alpha value is -0.610. The van der Waals surface area contributed by atoms with Crippen molar-refractivity contribution in [1.82, 2.24) is 0 Å². The second kappa shape index (κ2) is 2.33. The van der Waals surface area contributed by atoms with Crippen LogP contribution in [-0.4, -0.2) is 33.0 Å². The smallest absolute Gasteiger partial charge is 0.335 e. The van der Waals surface area contributed by atoms with E-state index in [0.29, 0.717) is 0 Å². The molecule has 0 rings (SSSR count). The number of aliphatic hydroxyl groups excluding tert-OH is 1. The lowest BCUT2D eigenvalue weighted by Crippen LogP contribution is -2.41. The lowest BCUT2D eigenvalue weighted by Gasteiger charge is -2.19. The number of hydrogen-bond donors (Lipinski definition) is 3. The van der Waals surface area contributed by atoms with Gasteiger partial charge in [-0.3, -0.25) is 0 Å². The Balaban J connectivity index is 4.04. The van der Waals surface area contributed by atoms with Gasteiger partial charge in [0.1, 0.15) is 0 Å². The summed E-state index contributed by atoms with van der Waals surface area (Å²) in [6, 6.07) is 0. The molecule has 3 N–H and O–H groups in total. The summed E-state index contributed by atoms with van der Waals surface area (Å²) in [5.74, 6) is -1.41. The van der Waals surface area contributed by atoms with E-state index < -0.39 is 17.7 Å². The zero-order valence-electron chi connectivity index (χ0n) is 5.33. The first-order chi connectivity index (χ1) is 3.85. The van der Waals surface area contributed by atoms with E-state index in [4.69, 9.17) is 15.3 Å². The predicted octanol–water partition coefficient (Wildman–Crippen LogP) is -0.797. The zero-order valence-corrected chi connectivity index (χ0v) is 5.33. The molecule has 0 radical (unpaired) electrons. The predicted molar refractivity (Wildman–Crippen MR) is 29.9 cm³/mol. The summed E-state index contributed by atoms with van der Waals surface area (Å²) in [7, 11) is 0. The number of aliphatic carboxylic acids is 1. The average Bonchev–Trinajstić information content (AvgIpc) is 1.62. The van der Waals surface area contributed by atoms with Gasteiger partial charge in [-0.25, -0.2) is 4.79 Å². The van der Waals surface area contributed by atoms with Crippen molar-refractivity contribution in [3.05, 3.63) is 0 Å². The molecule has 54 valence electrons. The first-order valence-electron chi connectivity index (χ1n) is 2.49. The summed E-state index contributed by atoms with van der Waals surface area (Å²) in [6.07, 6.45) is -1.71. The van der Waals surface area contributed by atoms with E-state index in [1.807, 2.05) is 0 Å². The molecule has 0 aromatic rings. The highest BCUT2D eigenvalue weighted by Gasteiger charge is 2.30. The average molecular weight is 136 g/mol. The van der Waals surface area contributed by atoms with E-state index in [9.17, 15) is 4.79 Å². The van der Waals surface area contributed by atoms with E-state index >= 15 is 0 Å². The summed E-state index contributed by atoms with van der Waals surface area (Å²) in [4.78, 5) is 9.94. The SMILES string of the molecule is CC([14CH3])(O)C(O)C(=O)O. The summed E-state index contributed by atoms with van der Waals surface area (Å²) in [6.45, 7) is 2.46. The van der Waals surface area contributed by atoms with Gasteiger partial charge in [0.15, 0.2) is 6.10 Å². The van der Waals surface area contributed by atoms with Crippen LogP contribution in [0.2, 0.25) is 0 Å². The van der Waals surface area contributed by atoms with Crippen molar-refractivity contribution in [3.8, 4) is 0 Å². The molecule has 0 fully saturated rings. The van der Waals surface area contributed by atoms with Crippen LogP contribution in [0.1, 0.15) is 13.8 Å². The second-order valence-corrected chi connectivity index (χ2v) is 2.39. The highest BCUT2D eigenvalue weighted by atomic mass is 16.4. The molecule has 2 unspecified atom stereocenters. The van der Waals surface area contributed by atoms with Crippen LogP contribution in [0.25, 0.3) is 0 Å². The highest BCUT2D eigenvalue weighted by molar-refractivity contribution is 5.73. The fourth-order valence-corrected chi connectivity index (χ4v) is 0.302. The maximum Gasteiger partial charge on any atom is 0.335 e. The first-order valence-corrected chi connectivity index (χ1v) is 2.49. The maximum absolute atomic E-state index is 9.94. The van der Waals surface area contributed by atoms with Gasteiger partial charge >= 0.3 is 5.97 Å². The Morgan fingerprint density at radius 2 is 2.11 bits per heavy atom. The van der Waals surface area contributed by atoms with Crippen LogP contribution in [-0.2, 0) is 4.79 Å². The van der Waals surface area contributed by atoms with Gasteiger partial charge in [0.05, 0.1) is 5.60 Å². The molecular weight excluding hydrogens is 126 g/mol. The number of carboxylic acid groups (broad SMARTS) is 1. The minimum Gasteiger partial charge on any atom is -0.479 e. The molecule has 0 aliphatic heterocycles. The number of carboxylic acids is 1. The van der Waals surface area contributed by atoms with Crippen LogP contribution in [0.4, 0.5) is 0 Å². The molecule has 0 aromatic heterocycles. The van der Waals surface area contributed by atoms with Crippen LogP contribution in [0.3, 0.4) is 0 Å². The maximum atomic E-state index is 9.94. The fourth-order valence-electron chi connectivity index (χ4n) is 0.302. The van der Waals surface area contributed by atoms with Crippen LogP contribution < -0.4 is 0 Å². The third kappa shape index (κ3) is 2.43. The number of hydrogen-bond acceptors (Lipinski definition) is 3. The lowest BCUT2D eigenvalue weighted by molar-refractivity contribution is -0.159. The van der Waals surface area contributed by atoms with Gasteiger partial charge in [0, 0.05) is 0 Å². The summed E-state index contributed by atoms with van der Waals surface area (Å²) in [5, 5.41) is 25.5. The van der Waals surface area contributed by atoms with Crippen molar-refractivity contribution >= 4 is 5.97 Å². The van der Waals surface area contributed by atoms with Gasteiger partial charge < -0.3 is 15.3 Å². The van der Waals surface area contributed by atoms with Gasteiger partial charge in [-0.05, 0) is 13.8 Å². The summed E-state index contributed by atoms with van der Waals surface area (Å²) >= 11 is 0. The molecule has 0 aliphatic carbocycles. The van der Waals surface area contributed by atoms with E-state index in [1.165, 1.54) is 13.8 Å². The quantitative estimate of drug-likeness (QED) is 0.464. The molecule has 9 heavy (non-hydrogen) atoms. The van der Waals surface area contributed by atoms with Crippen molar-refractivity contribution in [2.45, 2.75) is 25.6 Å². The molecule has 0 aliphatic rings. The minimum atomic E-state index is -1.71. The molecule has 0 spiro atoms. The molecule has 4 heteroatoms. The summed E-state index contributed by atoms with van der Waals surface area (Å²) < 4.78 is 0. The normalized spacial score (nSPS) is 20.4. The Bertz CT molecular complexity index is 113. The first kappa shape index (κ1) is 8.39. The number of rotatable bonds is 2. The third-order valence-corrected chi connectivity index (χ3v) is 0.903. The topological polar surface area (TPSA) is 77.8 Å². The fraction of sp³-hybridized carbons (Fsp3) is 0.800. The Labute approximate surface area is 52.7 Å². The van der Waals surface area contributed by atoms with E-state index in [1.54, 1.807) is 0 Å². The Kier molecular flexibility index (Phi) is 2.17. The number of aliphatic hydroxyl groups is 2. The molecule has 4 nitrogen and oxygen atoms in total.